The summed E-state index contributed by atoms with van der Waals surface area (Å²) in [6.45, 7) is 1.88. The number of anilines is 1. The molecule has 0 aliphatic carbocycles. The van der Waals surface area contributed by atoms with E-state index in [4.69, 9.17) is 0 Å². The molecule has 0 saturated heterocycles. The van der Waals surface area contributed by atoms with Gasteiger partial charge in [0.25, 0.3) is 10.0 Å². The molecule has 0 radical (unpaired) electrons. The van der Waals surface area contributed by atoms with E-state index in [1.807, 2.05) is 6.92 Å². The second-order valence-corrected chi connectivity index (χ2v) is 7.14. The van der Waals surface area contributed by atoms with Crippen molar-refractivity contribution in [3.05, 3.63) is 40.9 Å². The lowest BCUT2D eigenvalue weighted by molar-refractivity contribution is 0.601. The van der Waals surface area contributed by atoms with E-state index in [0.717, 1.165) is 10.4 Å². The van der Waals surface area contributed by atoms with Crippen molar-refractivity contribution >= 4 is 42.4 Å². The van der Waals surface area contributed by atoms with Gasteiger partial charge in [0.1, 0.15) is 0 Å². The summed E-state index contributed by atoms with van der Waals surface area (Å²) in [6.07, 6.45) is 1.64. The molecule has 2 rings (SSSR count). The Balaban J connectivity index is 2.24. The van der Waals surface area contributed by atoms with Crippen molar-refractivity contribution in [2.24, 2.45) is 0 Å². The van der Waals surface area contributed by atoms with Crippen LogP contribution in [0.4, 0.5) is 5.13 Å². The molecule has 1 aromatic heterocycles. The van der Waals surface area contributed by atoms with Gasteiger partial charge in [0.15, 0.2) is 5.13 Å². The highest BCUT2D eigenvalue weighted by Gasteiger charge is 2.15. The zero-order chi connectivity index (χ0) is 13.2. The molecule has 0 atom stereocenters. The van der Waals surface area contributed by atoms with Crippen molar-refractivity contribution in [2.75, 3.05) is 4.72 Å². The molecule has 0 unspecified atom stereocenters. The number of thiazole rings is 1. The van der Waals surface area contributed by atoms with Crippen LogP contribution in [-0.4, -0.2) is 13.4 Å². The molecule has 1 N–H and O–H groups in total. The summed E-state index contributed by atoms with van der Waals surface area (Å²) in [5, 5.41) is 1.09. The van der Waals surface area contributed by atoms with Gasteiger partial charge in [-0.3, -0.25) is 4.72 Å². The van der Waals surface area contributed by atoms with Gasteiger partial charge in [0, 0.05) is 16.4 Å². The first-order valence-electron chi connectivity index (χ1n) is 5.11. The van der Waals surface area contributed by atoms with E-state index in [2.05, 4.69) is 25.6 Å². The largest absolute Gasteiger partial charge is 0.263 e. The van der Waals surface area contributed by atoms with Crippen molar-refractivity contribution < 1.29 is 8.42 Å². The fourth-order valence-electron chi connectivity index (χ4n) is 1.33. The minimum absolute atomic E-state index is 0.236. The first-order valence-corrected chi connectivity index (χ1v) is 8.53. The molecule has 0 spiro atoms. The van der Waals surface area contributed by atoms with Crippen LogP contribution in [0.15, 0.2) is 35.4 Å². The third-order valence-corrected chi connectivity index (χ3v) is 5.19. The van der Waals surface area contributed by atoms with Crippen LogP contribution in [0.5, 0.6) is 0 Å². The Labute approximate surface area is 118 Å². The number of rotatable bonds is 4. The molecule has 7 heteroatoms. The summed E-state index contributed by atoms with van der Waals surface area (Å²) in [5.74, 6) is 0. The molecule has 0 amide bonds. The highest BCUT2D eigenvalue weighted by atomic mass is 79.9. The lowest BCUT2D eigenvalue weighted by atomic mass is 10.2. The van der Waals surface area contributed by atoms with Gasteiger partial charge in [-0.05, 0) is 24.6 Å². The van der Waals surface area contributed by atoms with Gasteiger partial charge in [0.2, 0.25) is 0 Å². The number of halogens is 1. The van der Waals surface area contributed by atoms with Crippen molar-refractivity contribution in [1.82, 2.24) is 4.98 Å². The van der Waals surface area contributed by atoms with Gasteiger partial charge in [0.05, 0.1) is 4.90 Å². The molecule has 0 bridgehead atoms. The third-order valence-electron chi connectivity index (χ3n) is 2.23. The Morgan fingerprint density at radius 2 is 2.00 bits per heavy atom. The minimum Gasteiger partial charge on any atom is -0.255 e. The summed E-state index contributed by atoms with van der Waals surface area (Å²) in [6, 6.07) is 6.71. The molecule has 96 valence electrons. The van der Waals surface area contributed by atoms with E-state index >= 15 is 0 Å². The predicted molar refractivity (Wildman–Crippen MR) is 76.7 cm³/mol. The Morgan fingerprint density at radius 3 is 2.50 bits per heavy atom. The van der Waals surface area contributed by atoms with E-state index in [9.17, 15) is 8.42 Å². The zero-order valence-corrected chi connectivity index (χ0v) is 12.8. The molecule has 0 fully saturated rings. The van der Waals surface area contributed by atoms with Crippen molar-refractivity contribution in [2.45, 2.75) is 17.1 Å². The lowest BCUT2D eigenvalue weighted by Gasteiger charge is -2.05. The summed E-state index contributed by atoms with van der Waals surface area (Å²) in [5.41, 5.74) is 1.03. The molecule has 0 saturated carbocycles. The first-order chi connectivity index (χ1) is 8.51. The van der Waals surface area contributed by atoms with E-state index < -0.39 is 10.0 Å². The fourth-order valence-corrected chi connectivity index (χ4v) is 3.61. The van der Waals surface area contributed by atoms with Crippen LogP contribution < -0.4 is 4.72 Å². The summed E-state index contributed by atoms with van der Waals surface area (Å²) in [4.78, 5) is 5.18. The van der Waals surface area contributed by atoms with Crippen LogP contribution in [0.1, 0.15) is 10.4 Å². The smallest absolute Gasteiger partial charge is 0.255 e. The molecule has 0 aliphatic heterocycles. The maximum Gasteiger partial charge on any atom is 0.263 e. The fraction of sp³-hybridized carbons (Fsp3) is 0.182. The number of hydrogen-bond donors (Lipinski definition) is 1. The van der Waals surface area contributed by atoms with Crippen LogP contribution in [0.2, 0.25) is 0 Å². The average molecular weight is 347 g/mol. The molecule has 18 heavy (non-hydrogen) atoms. The molecular formula is C11H11BrN2O2S2. The van der Waals surface area contributed by atoms with Crippen LogP contribution in [0.3, 0.4) is 0 Å². The van der Waals surface area contributed by atoms with Crippen LogP contribution in [-0.2, 0) is 15.4 Å². The predicted octanol–water partition coefficient (Wildman–Crippen LogP) is 3.15. The number of hydrogen-bond acceptors (Lipinski definition) is 4. The van der Waals surface area contributed by atoms with Gasteiger partial charge >= 0.3 is 0 Å². The molecule has 4 nitrogen and oxygen atoms in total. The van der Waals surface area contributed by atoms with E-state index in [1.54, 1.807) is 30.5 Å². The molecular weight excluding hydrogens is 336 g/mol. The van der Waals surface area contributed by atoms with Gasteiger partial charge < -0.3 is 0 Å². The maximum absolute atomic E-state index is 12.1. The quantitative estimate of drug-likeness (QED) is 0.865. The van der Waals surface area contributed by atoms with Gasteiger partial charge in [-0.15, -0.1) is 11.3 Å². The highest BCUT2D eigenvalue weighted by Crippen LogP contribution is 2.21. The maximum atomic E-state index is 12.1. The first kappa shape index (κ1) is 13.5. The highest BCUT2D eigenvalue weighted by molar-refractivity contribution is 9.08. The number of nitrogens with one attached hydrogen (secondary N) is 1. The summed E-state index contributed by atoms with van der Waals surface area (Å²) >= 11 is 4.62. The Morgan fingerprint density at radius 1 is 1.33 bits per heavy atom. The van der Waals surface area contributed by atoms with E-state index in [-0.39, 0.29) is 4.90 Å². The van der Waals surface area contributed by atoms with Gasteiger partial charge in [-0.1, -0.05) is 28.1 Å². The number of aromatic nitrogens is 1. The van der Waals surface area contributed by atoms with Crippen molar-refractivity contribution in [3.63, 3.8) is 0 Å². The van der Waals surface area contributed by atoms with Gasteiger partial charge in [-0.25, -0.2) is 13.4 Å². The summed E-state index contributed by atoms with van der Waals surface area (Å²) in [7, 11) is -3.54. The zero-order valence-electron chi connectivity index (χ0n) is 9.55. The number of nitrogens with zero attached hydrogens (tertiary/aromatic N) is 1. The molecule has 0 aliphatic rings. The topological polar surface area (TPSA) is 59.1 Å². The average Bonchev–Trinajstić information content (AvgIpc) is 2.74. The third kappa shape index (κ3) is 3.09. The van der Waals surface area contributed by atoms with Crippen molar-refractivity contribution in [1.29, 1.82) is 0 Å². The Bertz CT molecular complexity index is 635. The van der Waals surface area contributed by atoms with Crippen molar-refractivity contribution in [3.8, 4) is 0 Å². The second-order valence-electron chi connectivity index (χ2n) is 3.66. The second kappa shape index (κ2) is 5.38. The van der Waals surface area contributed by atoms with E-state index in [1.165, 1.54) is 11.3 Å². The monoisotopic (exact) mass is 346 g/mol. The number of aryl methyl sites for hydroxylation is 1. The molecule has 1 aromatic carbocycles. The van der Waals surface area contributed by atoms with Crippen LogP contribution >= 0.6 is 27.3 Å². The van der Waals surface area contributed by atoms with Crippen LogP contribution in [0.25, 0.3) is 0 Å². The Hall–Kier alpha value is -0.920. The Kier molecular flexibility index (Phi) is 4.04. The van der Waals surface area contributed by atoms with Crippen LogP contribution in [0, 0.1) is 6.92 Å². The molecule has 1 heterocycles. The van der Waals surface area contributed by atoms with E-state index in [0.29, 0.717) is 10.5 Å². The lowest BCUT2D eigenvalue weighted by Crippen LogP contribution is -2.12. The number of benzene rings is 1. The number of sulfonamides is 1. The summed E-state index contributed by atoms with van der Waals surface area (Å²) < 4.78 is 26.6. The van der Waals surface area contributed by atoms with Gasteiger partial charge in [-0.2, -0.15) is 0 Å². The number of alkyl halides is 1. The standard InChI is InChI=1S/C11H11BrN2O2S2/c1-8-7-13-11(17-8)14-18(15,16)10-4-2-9(6-12)3-5-10/h2-5,7H,6H2,1H3,(H,13,14). The normalized spacial score (nSPS) is 11.4. The molecule has 2 aromatic rings. The SMILES string of the molecule is Cc1cnc(NS(=O)(=O)c2ccc(CBr)cc2)s1. The minimum atomic E-state index is -3.54.